The van der Waals surface area contributed by atoms with Gasteiger partial charge in [-0.25, -0.2) is 0 Å². The number of aliphatic carboxylic acids is 1. The number of rotatable bonds is 8. The van der Waals surface area contributed by atoms with Crippen LogP contribution in [-0.2, 0) is 9.59 Å². The van der Waals surface area contributed by atoms with Crippen molar-refractivity contribution in [1.29, 1.82) is 0 Å². The van der Waals surface area contributed by atoms with Crippen molar-refractivity contribution in [2.24, 2.45) is 5.73 Å². The molecule has 19 heavy (non-hydrogen) atoms. The zero-order valence-corrected chi connectivity index (χ0v) is 11.0. The topological polar surface area (TPSA) is 89.6 Å². The van der Waals surface area contributed by atoms with Crippen LogP contribution in [0.25, 0.3) is 0 Å². The fourth-order valence-corrected chi connectivity index (χ4v) is 1.68. The van der Waals surface area contributed by atoms with Gasteiger partial charge >= 0.3 is 5.97 Å². The summed E-state index contributed by atoms with van der Waals surface area (Å²) < 4.78 is 5.48. The molecular formula is C14H19NO4. The molecule has 0 bridgehead atoms. The Labute approximate surface area is 112 Å². The molecule has 3 N–H and O–H groups in total. The molecule has 0 aromatic heterocycles. The van der Waals surface area contributed by atoms with Gasteiger partial charge in [0.15, 0.2) is 0 Å². The summed E-state index contributed by atoms with van der Waals surface area (Å²) >= 11 is 0. The van der Waals surface area contributed by atoms with Gasteiger partial charge in [0.1, 0.15) is 5.75 Å². The van der Waals surface area contributed by atoms with Gasteiger partial charge in [0.05, 0.1) is 12.5 Å². The summed E-state index contributed by atoms with van der Waals surface area (Å²) in [7, 11) is 0. The number of carbonyl (C=O) groups excluding carboxylic acids is 1. The normalized spacial score (nSPS) is 11.8. The van der Waals surface area contributed by atoms with E-state index in [4.69, 9.17) is 15.6 Å². The van der Waals surface area contributed by atoms with Gasteiger partial charge in [0.2, 0.25) is 5.91 Å². The van der Waals surface area contributed by atoms with Gasteiger partial charge < -0.3 is 15.6 Å². The number of carboxylic acid groups (broad SMARTS) is 1. The Kier molecular flexibility index (Phi) is 5.85. The van der Waals surface area contributed by atoms with Crippen LogP contribution < -0.4 is 10.5 Å². The second-order valence-corrected chi connectivity index (χ2v) is 4.33. The zero-order valence-electron chi connectivity index (χ0n) is 11.0. The van der Waals surface area contributed by atoms with Crippen molar-refractivity contribution in [3.8, 4) is 5.75 Å². The molecule has 1 amide bonds. The molecule has 1 unspecified atom stereocenters. The average molecular weight is 265 g/mol. The van der Waals surface area contributed by atoms with E-state index in [1.165, 1.54) is 0 Å². The van der Waals surface area contributed by atoms with Crippen molar-refractivity contribution in [2.75, 3.05) is 6.61 Å². The van der Waals surface area contributed by atoms with E-state index in [0.717, 1.165) is 12.8 Å². The quantitative estimate of drug-likeness (QED) is 0.702. The molecule has 0 saturated heterocycles. The highest BCUT2D eigenvalue weighted by molar-refractivity contribution is 5.84. The molecule has 104 valence electrons. The number of amides is 1. The number of carbonyl (C=O) groups is 2. The molecule has 0 aliphatic heterocycles. The third kappa shape index (κ3) is 4.99. The molecule has 0 heterocycles. The third-order valence-corrected chi connectivity index (χ3v) is 2.75. The first-order chi connectivity index (χ1) is 9.04. The minimum Gasteiger partial charge on any atom is -0.494 e. The largest absolute Gasteiger partial charge is 0.494 e. The van der Waals surface area contributed by atoms with E-state index in [2.05, 4.69) is 6.92 Å². The van der Waals surface area contributed by atoms with Crippen molar-refractivity contribution >= 4 is 11.9 Å². The van der Waals surface area contributed by atoms with Gasteiger partial charge in [-0.15, -0.1) is 0 Å². The Morgan fingerprint density at radius 2 is 1.95 bits per heavy atom. The van der Waals surface area contributed by atoms with Crippen LogP contribution in [-0.4, -0.2) is 23.6 Å². The van der Waals surface area contributed by atoms with E-state index in [9.17, 15) is 9.59 Å². The molecule has 0 saturated carbocycles. The van der Waals surface area contributed by atoms with Crippen LogP contribution in [0.2, 0.25) is 0 Å². The van der Waals surface area contributed by atoms with Gasteiger partial charge in [-0.05, 0) is 24.1 Å². The number of nitrogens with two attached hydrogens (primary N) is 1. The molecule has 5 heteroatoms. The Hall–Kier alpha value is -2.04. The number of ether oxygens (including phenoxy) is 1. The van der Waals surface area contributed by atoms with Gasteiger partial charge in [-0.2, -0.15) is 0 Å². The number of hydrogen-bond acceptors (Lipinski definition) is 3. The Morgan fingerprint density at radius 1 is 1.32 bits per heavy atom. The van der Waals surface area contributed by atoms with Crippen LogP contribution in [0.1, 0.15) is 37.7 Å². The minimum atomic E-state index is -1.06. The molecule has 1 aromatic carbocycles. The highest BCUT2D eigenvalue weighted by atomic mass is 16.5. The van der Waals surface area contributed by atoms with E-state index >= 15 is 0 Å². The van der Waals surface area contributed by atoms with Crippen molar-refractivity contribution < 1.29 is 19.4 Å². The lowest BCUT2D eigenvalue weighted by atomic mass is 9.95. The Morgan fingerprint density at radius 3 is 2.42 bits per heavy atom. The average Bonchev–Trinajstić information content (AvgIpc) is 2.37. The first-order valence-electron chi connectivity index (χ1n) is 6.28. The summed E-state index contributed by atoms with van der Waals surface area (Å²) in [4.78, 5) is 22.0. The van der Waals surface area contributed by atoms with E-state index in [1.807, 2.05) is 0 Å². The van der Waals surface area contributed by atoms with E-state index in [-0.39, 0.29) is 6.42 Å². The maximum absolute atomic E-state index is 11.1. The van der Waals surface area contributed by atoms with Crippen LogP contribution in [0.15, 0.2) is 24.3 Å². The van der Waals surface area contributed by atoms with Gasteiger partial charge in [0.25, 0.3) is 0 Å². The smallest absolute Gasteiger partial charge is 0.311 e. The predicted molar refractivity (Wildman–Crippen MR) is 71.0 cm³/mol. The van der Waals surface area contributed by atoms with Gasteiger partial charge in [0, 0.05) is 6.42 Å². The molecule has 0 aliphatic rings. The number of carboxylic acids is 1. The van der Waals surface area contributed by atoms with E-state index in [0.29, 0.717) is 17.9 Å². The second-order valence-electron chi connectivity index (χ2n) is 4.33. The van der Waals surface area contributed by atoms with Crippen LogP contribution in [0, 0.1) is 0 Å². The van der Waals surface area contributed by atoms with Crippen molar-refractivity contribution in [3.05, 3.63) is 29.8 Å². The van der Waals surface area contributed by atoms with Crippen LogP contribution in [0.5, 0.6) is 5.75 Å². The third-order valence-electron chi connectivity index (χ3n) is 2.75. The maximum atomic E-state index is 11.1. The maximum Gasteiger partial charge on any atom is 0.311 e. The highest BCUT2D eigenvalue weighted by Gasteiger charge is 2.21. The van der Waals surface area contributed by atoms with Gasteiger partial charge in [-0.3, -0.25) is 9.59 Å². The van der Waals surface area contributed by atoms with Crippen molar-refractivity contribution in [2.45, 2.75) is 32.1 Å². The molecule has 1 rings (SSSR count). The fourth-order valence-electron chi connectivity index (χ4n) is 1.68. The standard InChI is InChI=1S/C14H19NO4/c1-2-3-8-19-11-6-4-10(5-7-11)12(14(17)18)9-13(15)16/h4-7,12H,2-3,8-9H2,1H3,(H2,15,16)(H,17,18). The van der Waals surface area contributed by atoms with Gasteiger partial charge in [-0.1, -0.05) is 25.5 Å². The molecule has 1 atom stereocenters. The highest BCUT2D eigenvalue weighted by Crippen LogP contribution is 2.22. The molecule has 0 fully saturated rings. The summed E-state index contributed by atoms with van der Waals surface area (Å²) in [5, 5.41) is 9.08. The summed E-state index contributed by atoms with van der Waals surface area (Å²) in [6.45, 7) is 2.72. The number of primary amides is 1. The van der Waals surface area contributed by atoms with Crippen molar-refractivity contribution in [1.82, 2.24) is 0 Å². The molecule has 0 radical (unpaired) electrons. The van der Waals surface area contributed by atoms with Crippen LogP contribution in [0.4, 0.5) is 0 Å². The molecule has 0 aliphatic carbocycles. The van der Waals surface area contributed by atoms with Crippen LogP contribution >= 0.6 is 0 Å². The fraction of sp³-hybridized carbons (Fsp3) is 0.429. The number of benzene rings is 1. The molecule has 5 nitrogen and oxygen atoms in total. The first kappa shape index (κ1) is 15.0. The number of unbranched alkanes of at least 4 members (excludes halogenated alkanes) is 1. The monoisotopic (exact) mass is 265 g/mol. The molecule has 0 spiro atoms. The van der Waals surface area contributed by atoms with Crippen LogP contribution in [0.3, 0.4) is 0 Å². The molecular weight excluding hydrogens is 246 g/mol. The predicted octanol–water partition coefficient (Wildman–Crippen LogP) is 1.91. The Balaban J connectivity index is 2.72. The van der Waals surface area contributed by atoms with Crippen molar-refractivity contribution in [3.63, 3.8) is 0 Å². The zero-order chi connectivity index (χ0) is 14.3. The van der Waals surface area contributed by atoms with E-state index < -0.39 is 17.8 Å². The molecule has 1 aromatic rings. The summed E-state index contributed by atoms with van der Waals surface area (Å²) in [6, 6.07) is 6.73. The summed E-state index contributed by atoms with van der Waals surface area (Å²) in [5.41, 5.74) is 5.60. The summed E-state index contributed by atoms with van der Waals surface area (Å²) in [6.07, 6.45) is 1.82. The lowest BCUT2D eigenvalue weighted by Gasteiger charge is -2.12. The minimum absolute atomic E-state index is 0.203. The summed E-state index contributed by atoms with van der Waals surface area (Å²) in [5.74, 6) is -1.89. The lowest BCUT2D eigenvalue weighted by Crippen LogP contribution is -2.20. The number of hydrogen-bond donors (Lipinski definition) is 2. The second kappa shape index (κ2) is 7.41. The van der Waals surface area contributed by atoms with E-state index in [1.54, 1.807) is 24.3 Å². The first-order valence-corrected chi connectivity index (χ1v) is 6.28. The SMILES string of the molecule is CCCCOc1ccc(C(CC(N)=O)C(=O)O)cc1. The Bertz CT molecular complexity index is 428. The lowest BCUT2D eigenvalue weighted by molar-refractivity contribution is -0.140.